The third kappa shape index (κ3) is 4.00. The summed E-state index contributed by atoms with van der Waals surface area (Å²) in [6.07, 6.45) is 7.77. The number of fused-ring (bicyclic) bond motifs is 1. The number of aromatic nitrogens is 1. The zero-order chi connectivity index (χ0) is 22.1. The maximum Gasteiger partial charge on any atom is 0.252 e. The Balaban J connectivity index is 1.40. The van der Waals surface area contributed by atoms with Gasteiger partial charge in [-0.25, -0.2) is 0 Å². The Labute approximate surface area is 188 Å². The normalized spacial score (nSPS) is 19.0. The van der Waals surface area contributed by atoms with Crippen molar-refractivity contribution in [2.75, 3.05) is 13.2 Å². The minimum Gasteiger partial charge on any atom is -0.492 e. The number of carbonyl (C=O) groups is 1. The standard InChI is InChI=1S/C27H29N3O2/c1-3-19-14-24(22-7-5-13-29-25(22)15-19)27(10-11-27)30-26(31)23-16-21(9-8-18(23)2)32-17-20-6-4-12-28-20/h3,5,7-9,13-16,20,28H,1,4,6,10-12,17H2,2H3,(H,30,31)/t20-/m0/s1. The van der Waals surface area contributed by atoms with Gasteiger partial charge in [0, 0.05) is 23.2 Å². The maximum absolute atomic E-state index is 13.4. The van der Waals surface area contributed by atoms with Crippen LogP contribution in [0.25, 0.3) is 17.0 Å². The highest BCUT2D eigenvalue weighted by Crippen LogP contribution is 2.48. The van der Waals surface area contributed by atoms with Crippen LogP contribution in [0.3, 0.4) is 0 Å². The summed E-state index contributed by atoms with van der Waals surface area (Å²) < 4.78 is 5.99. The van der Waals surface area contributed by atoms with E-state index in [1.807, 2.05) is 43.3 Å². The van der Waals surface area contributed by atoms with Crippen molar-refractivity contribution in [1.29, 1.82) is 0 Å². The van der Waals surface area contributed by atoms with E-state index in [0.717, 1.165) is 59.2 Å². The van der Waals surface area contributed by atoms with Crippen LogP contribution in [0.4, 0.5) is 0 Å². The molecule has 2 fully saturated rings. The van der Waals surface area contributed by atoms with Crippen molar-refractivity contribution in [2.24, 2.45) is 0 Å². The first-order valence-corrected chi connectivity index (χ1v) is 11.4. The molecule has 0 radical (unpaired) electrons. The predicted octanol–water partition coefficient (Wildman–Crippen LogP) is 4.74. The van der Waals surface area contributed by atoms with Crippen molar-refractivity contribution in [3.05, 3.63) is 77.5 Å². The van der Waals surface area contributed by atoms with E-state index >= 15 is 0 Å². The predicted molar refractivity (Wildman–Crippen MR) is 128 cm³/mol. The molecule has 1 aromatic heterocycles. The number of nitrogens with one attached hydrogen (secondary N) is 2. The van der Waals surface area contributed by atoms with Crippen molar-refractivity contribution >= 4 is 22.9 Å². The van der Waals surface area contributed by atoms with Crippen LogP contribution in [0.15, 0.2) is 55.2 Å². The van der Waals surface area contributed by atoms with Gasteiger partial charge < -0.3 is 15.4 Å². The molecule has 1 atom stereocenters. The number of rotatable bonds is 7. The fourth-order valence-corrected chi connectivity index (χ4v) is 4.62. The number of hydrogen-bond donors (Lipinski definition) is 2. The van der Waals surface area contributed by atoms with Crippen LogP contribution in [0, 0.1) is 6.92 Å². The summed E-state index contributed by atoms with van der Waals surface area (Å²) in [4.78, 5) is 17.9. The molecule has 2 heterocycles. The molecule has 5 nitrogen and oxygen atoms in total. The molecule has 1 amide bonds. The van der Waals surface area contributed by atoms with E-state index in [9.17, 15) is 4.79 Å². The third-order valence-electron chi connectivity index (χ3n) is 6.66. The lowest BCUT2D eigenvalue weighted by Gasteiger charge is -2.21. The summed E-state index contributed by atoms with van der Waals surface area (Å²) in [5.74, 6) is 0.674. The van der Waals surface area contributed by atoms with Crippen LogP contribution in [0.1, 0.15) is 52.7 Å². The number of pyridine rings is 1. The Morgan fingerprint density at radius 2 is 2.19 bits per heavy atom. The zero-order valence-corrected chi connectivity index (χ0v) is 18.5. The van der Waals surface area contributed by atoms with E-state index in [1.54, 1.807) is 6.20 Å². The highest BCUT2D eigenvalue weighted by atomic mass is 16.5. The van der Waals surface area contributed by atoms with Crippen LogP contribution in [0.5, 0.6) is 5.75 Å². The second-order valence-electron chi connectivity index (χ2n) is 8.96. The minimum atomic E-state index is -0.367. The topological polar surface area (TPSA) is 63.2 Å². The van der Waals surface area contributed by atoms with Crippen molar-refractivity contribution in [1.82, 2.24) is 15.6 Å². The van der Waals surface area contributed by atoms with Gasteiger partial charge in [0.2, 0.25) is 0 Å². The van der Waals surface area contributed by atoms with Crippen LogP contribution in [-0.2, 0) is 5.54 Å². The van der Waals surface area contributed by atoms with E-state index in [0.29, 0.717) is 18.2 Å². The summed E-state index contributed by atoms with van der Waals surface area (Å²) in [5.41, 5.74) is 4.29. The molecule has 164 valence electrons. The molecule has 5 heteroatoms. The molecule has 3 aromatic rings. The molecule has 1 saturated heterocycles. The summed E-state index contributed by atoms with van der Waals surface area (Å²) in [7, 11) is 0. The summed E-state index contributed by atoms with van der Waals surface area (Å²) in [5, 5.41) is 7.86. The Morgan fingerprint density at radius 3 is 2.94 bits per heavy atom. The number of aryl methyl sites for hydroxylation is 1. The van der Waals surface area contributed by atoms with E-state index in [2.05, 4.69) is 34.3 Å². The summed E-state index contributed by atoms with van der Waals surface area (Å²) in [6.45, 7) is 7.57. The SMILES string of the molecule is C=Cc1cc(C2(NC(=O)c3cc(OC[C@@H]4CCCN4)ccc3C)CC2)c2cccnc2c1. The van der Waals surface area contributed by atoms with Gasteiger partial charge in [-0.3, -0.25) is 9.78 Å². The number of carbonyl (C=O) groups excluding carboxylic acids is 1. The van der Waals surface area contributed by atoms with Gasteiger partial charge in [-0.15, -0.1) is 0 Å². The van der Waals surface area contributed by atoms with Gasteiger partial charge in [0.25, 0.3) is 5.91 Å². The molecule has 1 aliphatic carbocycles. The molecular formula is C27H29N3O2. The first-order valence-electron chi connectivity index (χ1n) is 11.4. The minimum absolute atomic E-state index is 0.0644. The molecular weight excluding hydrogens is 398 g/mol. The third-order valence-corrected chi connectivity index (χ3v) is 6.66. The van der Waals surface area contributed by atoms with Gasteiger partial charge in [-0.2, -0.15) is 0 Å². The smallest absolute Gasteiger partial charge is 0.252 e. The molecule has 5 rings (SSSR count). The first-order chi connectivity index (χ1) is 15.6. The second-order valence-corrected chi connectivity index (χ2v) is 8.96. The fourth-order valence-electron chi connectivity index (χ4n) is 4.62. The van der Waals surface area contributed by atoms with Crippen LogP contribution < -0.4 is 15.4 Å². The highest BCUT2D eigenvalue weighted by Gasteiger charge is 2.47. The quantitative estimate of drug-likeness (QED) is 0.572. The number of ether oxygens (including phenoxy) is 1. The Bertz CT molecular complexity index is 1180. The maximum atomic E-state index is 13.4. The zero-order valence-electron chi connectivity index (χ0n) is 18.5. The van der Waals surface area contributed by atoms with Crippen LogP contribution in [0.2, 0.25) is 0 Å². The van der Waals surface area contributed by atoms with Gasteiger partial charge in [0.15, 0.2) is 0 Å². The Hall–Kier alpha value is -3.18. The number of amides is 1. The molecule has 0 unspecified atom stereocenters. The van der Waals surface area contributed by atoms with Crippen LogP contribution >= 0.6 is 0 Å². The summed E-state index contributed by atoms with van der Waals surface area (Å²) >= 11 is 0. The first kappa shape index (κ1) is 20.7. The lowest BCUT2D eigenvalue weighted by molar-refractivity contribution is 0.0930. The lowest BCUT2D eigenvalue weighted by Crippen LogP contribution is -2.35. The molecule has 1 aliphatic heterocycles. The summed E-state index contributed by atoms with van der Waals surface area (Å²) in [6, 6.07) is 14.4. The Kier molecular flexibility index (Phi) is 5.43. The van der Waals surface area contributed by atoms with Gasteiger partial charge in [-0.05, 0) is 86.2 Å². The average molecular weight is 428 g/mol. The molecule has 2 aromatic carbocycles. The second kappa shape index (κ2) is 8.40. The lowest BCUT2D eigenvalue weighted by atomic mass is 9.95. The molecule has 2 N–H and O–H groups in total. The molecule has 0 spiro atoms. The number of nitrogens with zero attached hydrogens (tertiary/aromatic N) is 1. The van der Waals surface area contributed by atoms with Crippen molar-refractivity contribution in [3.8, 4) is 5.75 Å². The fraction of sp³-hybridized carbons (Fsp3) is 0.333. The van der Waals surface area contributed by atoms with Gasteiger partial charge >= 0.3 is 0 Å². The number of benzene rings is 2. The molecule has 1 saturated carbocycles. The largest absolute Gasteiger partial charge is 0.492 e. The average Bonchev–Trinajstić information content (AvgIpc) is 3.39. The van der Waals surface area contributed by atoms with Gasteiger partial charge in [0.05, 0.1) is 11.1 Å². The van der Waals surface area contributed by atoms with Gasteiger partial charge in [0.1, 0.15) is 12.4 Å². The van der Waals surface area contributed by atoms with E-state index < -0.39 is 0 Å². The number of hydrogen-bond acceptors (Lipinski definition) is 4. The monoisotopic (exact) mass is 427 g/mol. The van der Waals surface area contributed by atoms with Gasteiger partial charge in [-0.1, -0.05) is 24.8 Å². The molecule has 0 bridgehead atoms. The van der Waals surface area contributed by atoms with E-state index in [-0.39, 0.29) is 11.4 Å². The van der Waals surface area contributed by atoms with Crippen molar-refractivity contribution < 1.29 is 9.53 Å². The van der Waals surface area contributed by atoms with E-state index in [1.165, 1.54) is 6.42 Å². The Morgan fingerprint density at radius 1 is 1.31 bits per heavy atom. The van der Waals surface area contributed by atoms with Crippen molar-refractivity contribution in [3.63, 3.8) is 0 Å². The highest BCUT2D eigenvalue weighted by molar-refractivity contribution is 5.97. The van der Waals surface area contributed by atoms with Crippen molar-refractivity contribution in [2.45, 2.75) is 44.2 Å². The van der Waals surface area contributed by atoms with Crippen LogP contribution in [-0.4, -0.2) is 30.1 Å². The van der Waals surface area contributed by atoms with E-state index in [4.69, 9.17) is 4.74 Å². The molecule has 2 aliphatic rings. The molecule has 32 heavy (non-hydrogen) atoms.